The molecule has 1 fully saturated rings. The van der Waals surface area contributed by atoms with Crippen molar-refractivity contribution in [3.05, 3.63) is 72.1 Å². The summed E-state index contributed by atoms with van der Waals surface area (Å²) in [6.45, 7) is 3.12. The number of phenolic OH excluding ortho intramolecular Hbond substituents is 1. The zero-order chi connectivity index (χ0) is 16.4. The van der Waals surface area contributed by atoms with Gasteiger partial charge >= 0.3 is 0 Å². The van der Waals surface area contributed by atoms with Crippen LogP contribution < -0.4 is 0 Å². The molecule has 1 aliphatic heterocycles. The largest absolute Gasteiger partial charge is 0.508 e. The number of morpholine rings is 1. The predicted octanol–water partition coefficient (Wildman–Crippen LogP) is 3.36. The van der Waals surface area contributed by atoms with Crippen molar-refractivity contribution in [3.8, 4) is 5.75 Å². The molecule has 0 aliphatic carbocycles. The van der Waals surface area contributed by atoms with Crippen LogP contribution in [0.2, 0.25) is 0 Å². The second-order valence-corrected chi connectivity index (χ2v) is 6.05. The number of fused-ring (bicyclic) bond motifs is 1. The van der Waals surface area contributed by atoms with Crippen LogP contribution in [0.25, 0.3) is 10.8 Å². The highest BCUT2D eigenvalue weighted by molar-refractivity contribution is 5.88. The van der Waals surface area contributed by atoms with E-state index in [4.69, 9.17) is 4.74 Å². The molecule has 2 heterocycles. The second kappa shape index (κ2) is 6.59. The number of nitrogens with zero attached hydrogens (tertiary/aromatic N) is 2. The number of pyridine rings is 1. The SMILES string of the molecule is Oc1ccc2ccccc2c1C(c1ccncc1)N1CCOCC1. The third-order valence-electron chi connectivity index (χ3n) is 4.65. The Morgan fingerprint density at radius 1 is 0.958 bits per heavy atom. The number of benzene rings is 2. The molecule has 1 saturated heterocycles. The van der Waals surface area contributed by atoms with Crippen molar-refractivity contribution in [1.29, 1.82) is 0 Å². The van der Waals surface area contributed by atoms with Gasteiger partial charge in [0.05, 0.1) is 19.3 Å². The Labute approximate surface area is 141 Å². The molecule has 1 atom stereocenters. The molecular weight excluding hydrogens is 300 g/mol. The van der Waals surface area contributed by atoms with E-state index in [0.717, 1.165) is 35.0 Å². The molecule has 4 rings (SSSR count). The van der Waals surface area contributed by atoms with E-state index in [9.17, 15) is 5.11 Å². The summed E-state index contributed by atoms with van der Waals surface area (Å²) in [6.07, 6.45) is 3.62. The number of hydrogen-bond donors (Lipinski definition) is 1. The molecule has 3 aromatic rings. The molecule has 0 amide bonds. The molecule has 122 valence electrons. The van der Waals surface area contributed by atoms with Gasteiger partial charge < -0.3 is 9.84 Å². The molecule has 4 nitrogen and oxygen atoms in total. The summed E-state index contributed by atoms with van der Waals surface area (Å²) in [6, 6.07) is 16.0. The zero-order valence-corrected chi connectivity index (χ0v) is 13.4. The van der Waals surface area contributed by atoms with E-state index < -0.39 is 0 Å². The minimum absolute atomic E-state index is 0.0111. The highest BCUT2D eigenvalue weighted by Crippen LogP contribution is 2.39. The number of ether oxygens (including phenoxy) is 1. The van der Waals surface area contributed by atoms with Crippen LogP contribution in [-0.4, -0.2) is 41.3 Å². The van der Waals surface area contributed by atoms with Gasteiger partial charge in [0.2, 0.25) is 0 Å². The molecule has 2 aromatic carbocycles. The van der Waals surface area contributed by atoms with Crippen molar-refractivity contribution in [2.45, 2.75) is 6.04 Å². The fourth-order valence-electron chi connectivity index (χ4n) is 3.51. The Balaban J connectivity index is 1.92. The fourth-order valence-corrected chi connectivity index (χ4v) is 3.51. The summed E-state index contributed by atoms with van der Waals surface area (Å²) in [5.41, 5.74) is 2.10. The third-order valence-corrected chi connectivity index (χ3v) is 4.65. The lowest BCUT2D eigenvalue weighted by atomic mass is 9.92. The van der Waals surface area contributed by atoms with Crippen LogP contribution in [0.15, 0.2) is 60.9 Å². The van der Waals surface area contributed by atoms with Gasteiger partial charge in [0.15, 0.2) is 0 Å². The fraction of sp³-hybridized carbons (Fsp3) is 0.250. The summed E-state index contributed by atoms with van der Waals surface area (Å²) >= 11 is 0. The van der Waals surface area contributed by atoms with Gasteiger partial charge in [0, 0.05) is 31.0 Å². The highest BCUT2D eigenvalue weighted by atomic mass is 16.5. The van der Waals surface area contributed by atoms with Gasteiger partial charge in [-0.05, 0) is 34.5 Å². The summed E-state index contributed by atoms with van der Waals surface area (Å²) < 4.78 is 5.52. The Morgan fingerprint density at radius 3 is 2.50 bits per heavy atom. The van der Waals surface area contributed by atoms with Gasteiger partial charge in [-0.3, -0.25) is 9.88 Å². The van der Waals surface area contributed by atoms with Crippen molar-refractivity contribution in [3.63, 3.8) is 0 Å². The number of hydrogen-bond acceptors (Lipinski definition) is 4. The lowest BCUT2D eigenvalue weighted by Crippen LogP contribution is -2.39. The topological polar surface area (TPSA) is 45.6 Å². The average Bonchev–Trinajstić information content (AvgIpc) is 2.66. The van der Waals surface area contributed by atoms with E-state index in [2.05, 4.69) is 22.0 Å². The van der Waals surface area contributed by atoms with Crippen LogP contribution in [0.5, 0.6) is 5.75 Å². The number of aromatic nitrogens is 1. The molecule has 0 radical (unpaired) electrons. The minimum atomic E-state index is -0.0111. The van der Waals surface area contributed by atoms with Gasteiger partial charge in [0.25, 0.3) is 0 Å². The van der Waals surface area contributed by atoms with Crippen LogP contribution in [0, 0.1) is 0 Å². The monoisotopic (exact) mass is 320 g/mol. The van der Waals surface area contributed by atoms with Crippen molar-refractivity contribution in [2.75, 3.05) is 26.3 Å². The van der Waals surface area contributed by atoms with E-state index >= 15 is 0 Å². The summed E-state index contributed by atoms with van der Waals surface area (Å²) in [5, 5.41) is 12.9. The molecule has 1 aromatic heterocycles. The summed E-state index contributed by atoms with van der Waals surface area (Å²) in [7, 11) is 0. The highest BCUT2D eigenvalue weighted by Gasteiger charge is 2.28. The normalized spacial score (nSPS) is 17.0. The lowest BCUT2D eigenvalue weighted by molar-refractivity contribution is 0.0238. The Kier molecular flexibility index (Phi) is 4.15. The van der Waals surface area contributed by atoms with E-state index in [-0.39, 0.29) is 6.04 Å². The first-order valence-corrected chi connectivity index (χ1v) is 8.27. The van der Waals surface area contributed by atoms with E-state index in [1.807, 2.05) is 42.7 Å². The maximum atomic E-state index is 10.7. The van der Waals surface area contributed by atoms with E-state index in [0.29, 0.717) is 19.0 Å². The van der Waals surface area contributed by atoms with Crippen molar-refractivity contribution >= 4 is 10.8 Å². The molecule has 0 spiro atoms. The lowest BCUT2D eigenvalue weighted by Gasteiger charge is -2.35. The maximum absolute atomic E-state index is 10.7. The van der Waals surface area contributed by atoms with Crippen molar-refractivity contribution in [2.24, 2.45) is 0 Å². The Hall–Kier alpha value is -2.43. The average molecular weight is 320 g/mol. The zero-order valence-electron chi connectivity index (χ0n) is 13.4. The quantitative estimate of drug-likeness (QED) is 0.804. The number of aromatic hydroxyl groups is 1. The van der Waals surface area contributed by atoms with Crippen LogP contribution in [0.4, 0.5) is 0 Å². The third kappa shape index (κ3) is 2.75. The minimum Gasteiger partial charge on any atom is -0.508 e. The van der Waals surface area contributed by atoms with Crippen molar-refractivity contribution < 1.29 is 9.84 Å². The van der Waals surface area contributed by atoms with Gasteiger partial charge in [-0.25, -0.2) is 0 Å². The van der Waals surface area contributed by atoms with Crippen LogP contribution in [0.1, 0.15) is 17.2 Å². The van der Waals surface area contributed by atoms with Crippen LogP contribution in [0.3, 0.4) is 0 Å². The molecule has 24 heavy (non-hydrogen) atoms. The second-order valence-electron chi connectivity index (χ2n) is 6.05. The smallest absolute Gasteiger partial charge is 0.121 e. The molecular formula is C20H20N2O2. The van der Waals surface area contributed by atoms with E-state index in [1.165, 1.54) is 0 Å². The van der Waals surface area contributed by atoms with Gasteiger partial charge in [0.1, 0.15) is 5.75 Å². The molecule has 0 saturated carbocycles. The molecule has 1 N–H and O–H groups in total. The van der Waals surface area contributed by atoms with Crippen LogP contribution >= 0.6 is 0 Å². The molecule has 4 heteroatoms. The van der Waals surface area contributed by atoms with Gasteiger partial charge in [-0.1, -0.05) is 30.3 Å². The first-order valence-electron chi connectivity index (χ1n) is 8.27. The number of rotatable bonds is 3. The standard InChI is InChI=1S/C20H20N2O2/c23-18-6-5-15-3-1-2-4-17(15)19(18)20(16-7-9-21-10-8-16)22-11-13-24-14-12-22/h1-10,20,23H,11-14H2. The molecule has 1 aliphatic rings. The molecule has 0 bridgehead atoms. The number of phenols is 1. The van der Waals surface area contributed by atoms with Gasteiger partial charge in [-0.15, -0.1) is 0 Å². The van der Waals surface area contributed by atoms with Crippen LogP contribution in [-0.2, 0) is 4.74 Å². The predicted molar refractivity (Wildman–Crippen MR) is 94.1 cm³/mol. The first kappa shape index (κ1) is 15.1. The van der Waals surface area contributed by atoms with Crippen molar-refractivity contribution in [1.82, 2.24) is 9.88 Å². The Bertz CT molecular complexity index is 829. The Morgan fingerprint density at radius 2 is 1.71 bits per heavy atom. The summed E-state index contributed by atoms with van der Waals surface area (Å²) in [4.78, 5) is 6.52. The maximum Gasteiger partial charge on any atom is 0.121 e. The first-order chi connectivity index (χ1) is 11.8. The van der Waals surface area contributed by atoms with E-state index in [1.54, 1.807) is 6.07 Å². The summed E-state index contributed by atoms with van der Waals surface area (Å²) in [5.74, 6) is 0.335. The molecule has 1 unspecified atom stereocenters. The van der Waals surface area contributed by atoms with Gasteiger partial charge in [-0.2, -0.15) is 0 Å².